The number of nitrogens with zero attached hydrogens (tertiary/aromatic N) is 1. The molecule has 0 atom stereocenters. The molecule has 8 heteroatoms. The summed E-state index contributed by atoms with van der Waals surface area (Å²) in [5.74, 6) is 1.78. The summed E-state index contributed by atoms with van der Waals surface area (Å²) in [4.78, 5) is 0.676. The van der Waals surface area contributed by atoms with Crippen molar-refractivity contribution < 1.29 is 13.9 Å². The second-order valence-corrected chi connectivity index (χ2v) is 13.2. The highest BCUT2D eigenvalue weighted by Gasteiger charge is 2.13. The maximum atomic E-state index is 13.2. The highest BCUT2D eigenvalue weighted by molar-refractivity contribution is 8.55. The molecule has 5 nitrogen and oxygen atoms in total. The number of benzene rings is 3. The number of nitrogens with two attached hydrogens (primary N) is 1. The number of ether oxygens (including phenoxy) is 2. The first-order chi connectivity index (χ1) is 16.2. The Hall–Kier alpha value is -2.76. The highest BCUT2D eigenvalue weighted by Crippen LogP contribution is 2.48. The predicted octanol–water partition coefficient (Wildman–Crippen LogP) is 7.49. The molecule has 34 heavy (non-hydrogen) atoms. The lowest BCUT2D eigenvalue weighted by atomic mass is 10.0. The van der Waals surface area contributed by atoms with E-state index in [9.17, 15) is 4.39 Å². The molecule has 180 valence electrons. The van der Waals surface area contributed by atoms with Gasteiger partial charge in [0.05, 0.1) is 29.0 Å². The summed E-state index contributed by atoms with van der Waals surface area (Å²) in [5, 5.41) is 7.90. The zero-order valence-electron chi connectivity index (χ0n) is 20.3. The molecule has 3 N–H and O–H groups in total. The first-order valence-corrected chi connectivity index (χ1v) is 14.5. The van der Waals surface area contributed by atoms with E-state index in [1.807, 2.05) is 19.9 Å². The number of halogens is 1. The Kier molecular flexibility index (Phi) is 8.81. The molecule has 4 aromatic rings. The fourth-order valence-corrected chi connectivity index (χ4v) is 5.60. The quantitative estimate of drug-likeness (QED) is 0.269. The average molecular weight is 500 g/mol. The molecule has 1 aromatic heterocycles. The van der Waals surface area contributed by atoms with E-state index in [2.05, 4.69) is 60.8 Å². The first kappa shape index (κ1) is 25.9. The summed E-state index contributed by atoms with van der Waals surface area (Å²) >= 11 is 1.56. The van der Waals surface area contributed by atoms with Crippen LogP contribution < -0.4 is 15.2 Å². The number of rotatable bonds is 6. The summed E-state index contributed by atoms with van der Waals surface area (Å²) in [5.41, 5.74) is 10.3. The number of aryl methyl sites for hydroxylation is 1. The molecular weight excluding hydrogens is 468 g/mol. The van der Waals surface area contributed by atoms with Gasteiger partial charge in [-0.1, -0.05) is 41.2 Å². The number of methoxy groups -OCH3 is 1. The molecule has 3 aromatic carbocycles. The highest BCUT2D eigenvalue weighted by atomic mass is 32.7. The number of aromatic nitrogens is 2. The summed E-state index contributed by atoms with van der Waals surface area (Å²) in [6, 6.07) is 17.3. The minimum atomic E-state index is -0.189. The SMILES string of the molecule is COc1ccc(F)c(SP(C)C)c1.Cc1ccc(-c2cc(OC(C)C)c3c(N)n[nH]c3c2)cc1. The van der Waals surface area contributed by atoms with Gasteiger partial charge in [0.1, 0.15) is 17.3 Å². The molecule has 0 aliphatic heterocycles. The summed E-state index contributed by atoms with van der Waals surface area (Å²) < 4.78 is 24.1. The number of hydrogen-bond acceptors (Lipinski definition) is 5. The van der Waals surface area contributed by atoms with Crippen LogP contribution in [0.1, 0.15) is 19.4 Å². The number of nitrogens with one attached hydrogen (secondary N) is 1. The minimum absolute atomic E-state index is 0.0794. The van der Waals surface area contributed by atoms with Gasteiger partial charge in [0.2, 0.25) is 0 Å². The number of hydrogen-bond donors (Lipinski definition) is 2. The van der Waals surface area contributed by atoms with Gasteiger partial charge in [-0.25, -0.2) is 4.39 Å². The lowest BCUT2D eigenvalue weighted by Gasteiger charge is -2.13. The smallest absolute Gasteiger partial charge is 0.156 e. The van der Waals surface area contributed by atoms with Gasteiger partial charge in [0.15, 0.2) is 5.82 Å². The van der Waals surface area contributed by atoms with Gasteiger partial charge in [-0.05, 0) is 82.7 Å². The lowest BCUT2D eigenvalue weighted by Crippen LogP contribution is -2.06. The van der Waals surface area contributed by atoms with Crippen LogP contribution in [0, 0.1) is 12.7 Å². The van der Waals surface area contributed by atoms with Gasteiger partial charge < -0.3 is 15.2 Å². The molecule has 0 aliphatic rings. The zero-order chi connectivity index (χ0) is 24.8. The molecule has 0 unspecified atom stereocenters. The molecule has 0 saturated heterocycles. The van der Waals surface area contributed by atoms with Crippen LogP contribution in [0.25, 0.3) is 22.0 Å². The van der Waals surface area contributed by atoms with E-state index in [0.717, 1.165) is 27.8 Å². The van der Waals surface area contributed by atoms with Crippen molar-refractivity contribution in [2.45, 2.75) is 31.8 Å². The van der Waals surface area contributed by atoms with Crippen LogP contribution in [0.3, 0.4) is 0 Å². The average Bonchev–Trinajstić information content (AvgIpc) is 3.16. The van der Waals surface area contributed by atoms with Crippen molar-refractivity contribution in [1.82, 2.24) is 10.2 Å². The normalized spacial score (nSPS) is 11.0. The monoisotopic (exact) mass is 499 g/mol. The second kappa shape index (κ2) is 11.6. The fourth-order valence-electron chi connectivity index (χ4n) is 3.28. The number of H-pyrrole nitrogens is 1. The van der Waals surface area contributed by atoms with Gasteiger partial charge in [-0.15, -0.1) is 0 Å². The van der Waals surface area contributed by atoms with Crippen molar-refractivity contribution >= 4 is 35.2 Å². The van der Waals surface area contributed by atoms with Gasteiger partial charge in [-0.2, -0.15) is 5.10 Å². The van der Waals surface area contributed by atoms with Crippen LogP contribution in [0.4, 0.5) is 10.2 Å². The molecular formula is C26H31FN3O2PS. The van der Waals surface area contributed by atoms with Gasteiger partial charge in [-0.3, -0.25) is 5.10 Å². The van der Waals surface area contributed by atoms with Crippen LogP contribution >= 0.6 is 18.5 Å². The van der Waals surface area contributed by atoms with E-state index in [0.29, 0.717) is 16.5 Å². The Labute approximate surface area is 205 Å². The molecule has 1 heterocycles. The van der Waals surface area contributed by atoms with E-state index in [1.165, 1.54) is 11.6 Å². The van der Waals surface area contributed by atoms with E-state index in [1.54, 1.807) is 30.6 Å². The van der Waals surface area contributed by atoms with Crippen LogP contribution in [0.15, 0.2) is 59.5 Å². The Morgan fingerprint density at radius 1 is 1.03 bits per heavy atom. The molecule has 0 bridgehead atoms. The summed E-state index contributed by atoms with van der Waals surface area (Å²) in [6.45, 7) is 10.3. The van der Waals surface area contributed by atoms with Gasteiger partial charge in [0.25, 0.3) is 0 Å². The predicted molar refractivity (Wildman–Crippen MR) is 144 cm³/mol. The van der Waals surface area contributed by atoms with Crippen LogP contribution in [-0.4, -0.2) is 36.7 Å². The van der Waals surface area contributed by atoms with Crippen molar-refractivity contribution in [2.24, 2.45) is 0 Å². The van der Waals surface area contributed by atoms with Gasteiger partial charge in [0, 0.05) is 0 Å². The standard InChI is InChI=1S/C17H19N3O.C9H12FOPS/c1-10(2)21-15-9-13(12-6-4-11(3)5-7-12)8-14-16(15)17(18)20-19-14;1-11-7-4-5-8(10)9(6-7)13-12(2)3/h4-10H,1-3H3,(H3,18,19,20);4-6H,1-3H3. The molecule has 0 aliphatic carbocycles. The molecule has 0 amide bonds. The van der Waals surface area contributed by atoms with E-state index >= 15 is 0 Å². The summed E-state index contributed by atoms with van der Waals surface area (Å²) in [6.07, 6.45) is 0.0794. The maximum absolute atomic E-state index is 13.2. The number of nitrogen functional groups attached to an aromatic ring is 1. The second-order valence-electron chi connectivity index (χ2n) is 8.24. The minimum Gasteiger partial charge on any atom is -0.497 e. The molecule has 4 rings (SSSR count). The molecule has 0 fully saturated rings. The van der Waals surface area contributed by atoms with Gasteiger partial charge >= 0.3 is 0 Å². The van der Waals surface area contributed by atoms with Crippen LogP contribution in [-0.2, 0) is 0 Å². The van der Waals surface area contributed by atoms with E-state index < -0.39 is 0 Å². The third-order valence-corrected chi connectivity index (χ3v) is 7.38. The number of aromatic amines is 1. The van der Waals surface area contributed by atoms with Crippen molar-refractivity contribution in [2.75, 3.05) is 26.2 Å². The Bertz CT molecular complexity index is 1240. The molecule has 0 spiro atoms. The Morgan fingerprint density at radius 3 is 2.35 bits per heavy atom. The van der Waals surface area contributed by atoms with Crippen LogP contribution in [0.5, 0.6) is 11.5 Å². The van der Waals surface area contributed by atoms with Crippen molar-refractivity contribution in [3.05, 3.63) is 66.0 Å². The Morgan fingerprint density at radius 2 is 1.74 bits per heavy atom. The number of anilines is 1. The van der Waals surface area contributed by atoms with E-state index in [-0.39, 0.29) is 19.0 Å². The maximum Gasteiger partial charge on any atom is 0.156 e. The van der Waals surface area contributed by atoms with Crippen molar-refractivity contribution in [3.8, 4) is 22.6 Å². The third kappa shape index (κ3) is 6.64. The summed E-state index contributed by atoms with van der Waals surface area (Å²) in [7, 11) is 1.40. The van der Waals surface area contributed by atoms with Crippen molar-refractivity contribution in [1.29, 1.82) is 0 Å². The largest absolute Gasteiger partial charge is 0.497 e. The number of fused-ring (bicyclic) bond motifs is 1. The Balaban J connectivity index is 0.000000215. The molecule has 0 saturated carbocycles. The van der Waals surface area contributed by atoms with E-state index in [4.69, 9.17) is 15.2 Å². The lowest BCUT2D eigenvalue weighted by molar-refractivity contribution is 0.245. The van der Waals surface area contributed by atoms with Crippen molar-refractivity contribution in [3.63, 3.8) is 0 Å². The first-order valence-electron chi connectivity index (χ1n) is 10.9. The fraction of sp³-hybridized carbons (Fsp3) is 0.269. The zero-order valence-corrected chi connectivity index (χ0v) is 22.1. The molecule has 0 radical (unpaired) electrons. The van der Waals surface area contributed by atoms with Crippen LogP contribution in [0.2, 0.25) is 0 Å². The third-order valence-electron chi connectivity index (χ3n) is 4.82. The topological polar surface area (TPSA) is 73.2 Å².